The van der Waals surface area contributed by atoms with Crippen LogP contribution in [0.2, 0.25) is 0 Å². The number of likely N-dealkylation sites (tertiary alicyclic amines) is 1. The predicted octanol–water partition coefficient (Wildman–Crippen LogP) is 2.80. The van der Waals surface area contributed by atoms with Crippen molar-refractivity contribution in [3.05, 3.63) is 29.2 Å². The molecule has 0 spiro atoms. The number of rotatable bonds is 5. The molecule has 0 aromatic carbocycles. The third-order valence-electron chi connectivity index (χ3n) is 5.10. The molecule has 0 radical (unpaired) electrons. The number of amides is 1. The largest absolute Gasteiger partial charge is 0.341 e. The van der Waals surface area contributed by atoms with Crippen LogP contribution >= 0.6 is 0 Å². The highest BCUT2D eigenvalue weighted by Crippen LogP contribution is 2.28. The van der Waals surface area contributed by atoms with Crippen LogP contribution in [-0.2, 0) is 11.3 Å². The third kappa shape index (κ3) is 3.91. The number of nitrogens with zero attached hydrogens (tertiary/aromatic N) is 5. The maximum atomic E-state index is 12.5. The van der Waals surface area contributed by atoms with Crippen molar-refractivity contribution in [2.45, 2.75) is 65.3 Å². The van der Waals surface area contributed by atoms with Crippen LogP contribution in [0.25, 0.3) is 0 Å². The van der Waals surface area contributed by atoms with E-state index in [0.717, 1.165) is 55.5 Å². The molecule has 0 saturated carbocycles. The first kappa shape index (κ1) is 17.6. The predicted molar refractivity (Wildman–Crippen MR) is 93.3 cm³/mol. The molecule has 2 aromatic heterocycles. The lowest BCUT2D eigenvalue weighted by Gasteiger charge is -2.30. The van der Waals surface area contributed by atoms with Crippen LogP contribution in [0, 0.1) is 13.8 Å². The van der Waals surface area contributed by atoms with Gasteiger partial charge in [0.1, 0.15) is 6.54 Å². The van der Waals surface area contributed by atoms with Crippen LogP contribution in [0.15, 0.2) is 10.6 Å². The molecule has 1 atom stereocenters. The van der Waals surface area contributed by atoms with E-state index < -0.39 is 0 Å². The summed E-state index contributed by atoms with van der Waals surface area (Å²) in [5, 5.41) is 8.48. The first-order valence-electron chi connectivity index (χ1n) is 9.10. The minimum absolute atomic E-state index is 0.121. The zero-order chi connectivity index (χ0) is 18.0. The van der Waals surface area contributed by atoms with Gasteiger partial charge in [0.05, 0.1) is 5.69 Å². The standard InChI is InChI=1S/C18H27N5O2/c1-5-12(2)17-19-18(25-21-17)15-6-8-22(9-7-15)16(24)11-23-14(4)10-13(3)20-23/h10,12,15H,5-9,11H2,1-4H3/t12-/m0/s1. The molecule has 7 nitrogen and oxygen atoms in total. The van der Waals surface area contributed by atoms with E-state index in [1.54, 1.807) is 4.68 Å². The normalized spacial score (nSPS) is 17.0. The molecule has 25 heavy (non-hydrogen) atoms. The summed E-state index contributed by atoms with van der Waals surface area (Å²) in [5.74, 6) is 2.21. The molecule has 1 saturated heterocycles. The second kappa shape index (κ2) is 7.37. The van der Waals surface area contributed by atoms with Gasteiger partial charge < -0.3 is 9.42 Å². The van der Waals surface area contributed by atoms with E-state index in [9.17, 15) is 4.79 Å². The van der Waals surface area contributed by atoms with Gasteiger partial charge in [-0.3, -0.25) is 9.48 Å². The van der Waals surface area contributed by atoms with Crippen molar-refractivity contribution in [2.24, 2.45) is 0 Å². The van der Waals surface area contributed by atoms with Gasteiger partial charge in [-0.05, 0) is 39.2 Å². The summed E-state index contributed by atoms with van der Waals surface area (Å²) in [4.78, 5) is 19.0. The Hall–Kier alpha value is -2.18. The second-order valence-electron chi connectivity index (χ2n) is 7.04. The minimum Gasteiger partial charge on any atom is -0.341 e. The maximum Gasteiger partial charge on any atom is 0.244 e. The Morgan fingerprint density at radius 3 is 2.68 bits per heavy atom. The molecular weight excluding hydrogens is 318 g/mol. The Kier molecular flexibility index (Phi) is 5.20. The number of carbonyl (C=O) groups is 1. The first-order chi connectivity index (χ1) is 12.0. The van der Waals surface area contributed by atoms with Crippen molar-refractivity contribution in [3.63, 3.8) is 0 Å². The van der Waals surface area contributed by atoms with Crippen molar-refractivity contribution in [3.8, 4) is 0 Å². The average molecular weight is 345 g/mol. The molecule has 0 bridgehead atoms. The van der Waals surface area contributed by atoms with Crippen LogP contribution in [0.3, 0.4) is 0 Å². The van der Waals surface area contributed by atoms with Gasteiger partial charge in [0.2, 0.25) is 11.8 Å². The maximum absolute atomic E-state index is 12.5. The van der Waals surface area contributed by atoms with E-state index in [1.165, 1.54) is 0 Å². The summed E-state index contributed by atoms with van der Waals surface area (Å²) in [6, 6.07) is 1.99. The molecule has 0 N–H and O–H groups in total. The Balaban J connectivity index is 1.55. The second-order valence-corrected chi connectivity index (χ2v) is 7.04. The molecule has 0 aliphatic carbocycles. The van der Waals surface area contributed by atoms with Crippen LogP contribution in [0.5, 0.6) is 0 Å². The molecule has 3 rings (SSSR count). The van der Waals surface area contributed by atoms with Crippen molar-refractivity contribution >= 4 is 5.91 Å². The molecule has 136 valence electrons. The van der Waals surface area contributed by atoms with Gasteiger partial charge in [-0.15, -0.1) is 0 Å². The van der Waals surface area contributed by atoms with Gasteiger partial charge in [-0.1, -0.05) is 19.0 Å². The zero-order valence-corrected chi connectivity index (χ0v) is 15.5. The lowest BCUT2D eigenvalue weighted by Crippen LogP contribution is -2.40. The Morgan fingerprint density at radius 1 is 1.36 bits per heavy atom. The van der Waals surface area contributed by atoms with Crippen molar-refractivity contribution in [2.75, 3.05) is 13.1 Å². The molecule has 1 fully saturated rings. The summed E-state index contributed by atoms with van der Waals surface area (Å²) in [6.45, 7) is 9.90. The SMILES string of the molecule is CC[C@H](C)c1noc(C2CCN(C(=O)Cn3nc(C)cc3C)CC2)n1. The highest BCUT2D eigenvalue weighted by atomic mass is 16.5. The van der Waals surface area contributed by atoms with Gasteiger partial charge in [0, 0.05) is 30.6 Å². The number of hydrogen-bond acceptors (Lipinski definition) is 5. The summed E-state index contributed by atoms with van der Waals surface area (Å²) >= 11 is 0. The minimum atomic E-state index is 0.121. The van der Waals surface area contributed by atoms with E-state index in [-0.39, 0.29) is 11.8 Å². The summed E-state index contributed by atoms with van der Waals surface area (Å²) in [5.41, 5.74) is 1.96. The summed E-state index contributed by atoms with van der Waals surface area (Å²) < 4.78 is 7.24. The van der Waals surface area contributed by atoms with Crippen LogP contribution in [0.1, 0.15) is 68.0 Å². The van der Waals surface area contributed by atoms with Crippen LogP contribution < -0.4 is 0 Å². The zero-order valence-electron chi connectivity index (χ0n) is 15.5. The lowest BCUT2D eigenvalue weighted by molar-refractivity contribution is -0.133. The quantitative estimate of drug-likeness (QED) is 0.833. The number of aryl methyl sites for hydroxylation is 2. The summed E-state index contributed by atoms with van der Waals surface area (Å²) in [6.07, 6.45) is 2.73. The molecule has 1 amide bonds. The monoisotopic (exact) mass is 345 g/mol. The van der Waals surface area contributed by atoms with Gasteiger partial charge >= 0.3 is 0 Å². The van der Waals surface area contributed by atoms with Gasteiger partial charge in [-0.25, -0.2) is 0 Å². The topological polar surface area (TPSA) is 77.0 Å². The van der Waals surface area contributed by atoms with E-state index >= 15 is 0 Å². The lowest BCUT2D eigenvalue weighted by atomic mass is 9.96. The molecule has 3 heterocycles. The molecule has 7 heteroatoms. The Morgan fingerprint density at radius 2 is 2.08 bits per heavy atom. The molecule has 1 aliphatic heterocycles. The first-order valence-corrected chi connectivity index (χ1v) is 9.10. The fourth-order valence-corrected chi connectivity index (χ4v) is 3.23. The van der Waals surface area contributed by atoms with Crippen molar-refractivity contribution in [1.29, 1.82) is 0 Å². The van der Waals surface area contributed by atoms with Gasteiger partial charge in [0.15, 0.2) is 5.82 Å². The number of aromatic nitrogens is 4. The number of piperidine rings is 1. The highest BCUT2D eigenvalue weighted by Gasteiger charge is 2.28. The van der Waals surface area contributed by atoms with Crippen LogP contribution in [-0.4, -0.2) is 43.8 Å². The van der Waals surface area contributed by atoms with E-state index in [2.05, 4.69) is 29.1 Å². The van der Waals surface area contributed by atoms with Gasteiger partial charge in [0.25, 0.3) is 0 Å². The third-order valence-corrected chi connectivity index (χ3v) is 5.10. The molecular formula is C18H27N5O2. The van der Waals surface area contributed by atoms with Crippen molar-refractivity contribution < 1.29 is 9.32 Å². The highest BCUT2D eigenvalue weighted by molar-refractivity contribution is 5.76. The Bertz CT molecular complexity index is 728. The molecule has 0 unspecified atom stereocenters. The van der Waals surface area contributed by atoms with E-state index in [1.807, 2.05) is 24.8 Å². The average Bonchev–Trinajstić information content (AvgIpc) is 3.21. The number of carbonyl (C=O) groups excluding carboxylic acids is 1. The molecule has 1 aliphatic rings. The van der Waals surface area contributed by atoms with Gasteiger partial charge in [-0.2, -0.15) is 10.1 Å². The van der Waals surface area contributed by atoms with Crippen molar-refractivity contribution in [1.82, 2.24) is 24.8 Å². The summed E-state index contributed by atoms with van der Waals surface area (Å²) in [7, 11) is 0. The van der Waals surface area contributed by atoms with E-state index in [0.29, 0.717) is 12.5 Å². The Labute approximate surface area is 148 Å². The fourth-order valence-electron chi connectivity index (χ4n) is 3.23. The van der Waals surface area contributed by atoms with E-state index in [4.69, 9.17) is 4.52 Å². The smallest absolute Gasteiger partial charge is 0.244 e. The molecule has 2 aromatic rings. The fraction of sp³-hybridized carbons (Fsp3) is 0.667. The number of hydrogen-bond donors (Lipinski definition) is 0. The van der Waals surface area contributed by atoms with Crippen LogP contribution in [0.4, 0.5) is 0 Å².